The van der Waals surface area contributed by atoms with E-state index in [0.29, 0.717) is 19.8 Å². The maximum atomic E-state index is 6.04. The second kappa shape index (κ2) is 6.38. The van der Waals surface area contributed by atoms with Gasteiger partial charge in [0.25, 0.3) is 0 Å². The quantitative estimate of drug-likeness (QED) is 0.799. The third-order valence-electron chi connectivity index (χ3n) is 3.92. The molecule has 0 radical (unpaired) electrons. The first kappa shape index (κ1) is 15.5. The number of ether oxygens (including phenoxy) is 3. The average molecular weight is 305 g/mol. The summed E-state index contributed by atoms with van der Waals surface area (Å²) in [6.45, 7) is 5.64. The topological polar surface area (TPSA) is 40.2 Å². The molecule has 2 atom stereocenters. The van der Waals surface area contributed by atoms with Gasteiger partial charge in [-0.15, -0.1) is 0 Å². The van der Waals surface area contributed by atoms with Crippen LogP contribution >= 0.6 is 0 Å². The molecule has 0 unspecified atom stereocenters. The fraction of sp³-hybridized carbons (Fsp3) is 0.529. The van der Waals surface area contributed by atoms with E-state index in [2.05, 4.69) is 12.1 Å². The lowest BCUT2D eigenvalue weighted by Gasteiger charge is -2.27. The Kier molecular flexibility index (Phi) is 4.49. The van der Waals surface area contributed by atoms with Crippen molar-refractivity contribution < 1.29 is 19.0 Å². The Morgan fingerprint density at radius 1 is 1.32 bits per heavy atom. The van der Waals surface area contributed by atoms with Gasteiger partial charge in [0, 0.05) is 12.1 Å². The van der Waals surface area contributed by atoms with Crippen LogP contribution in [0.3, 0.4) is 0 Å². The highest BCUT2D eigenvalue weighted by molar-refractivity contribution is 5.19. The Balaban J connectivity index is 1.78. The third-order valence-corrected chi connectivity index (χ3v) is 3.92. The van der Waals surface area contributed by atoms with E-state index in [1.807, 2.05) is 37.1 Å². The molecule has 2 saturated heterocycles. The maximum Gasteiger partial charge on any atom is 0.163 e. The van der Waals surface area contributed by atoms with Crippen LogP contribution in [0.5, 0.6) is 0 Å². The van der Waals surface area contributed by atoms with Gasteiger partial charge in [0.1, 0.15) is 6.10 Å². The zero-order valence-electron chi connectivity index (χ0n) is 13.3. The van der Waals surface area contributed by atoms with Gasteiger partial charge < -0.3 is 14.2 Å². The predicted molar refractivity (Wildman–Crippen MR) is 81.7 cm³/mol. The van der Waals surface area contributed by atoms with Gasteiger partial charge in [-0.3, -0.25) is 4.84 Å². The van der Waals surface area contributed by atoms with Crippen LogP contribution in [-0.2, 0) is 25.6 Å². The Bertz CT molecular complexity index is 529. The molecule has 3 rings (SSSR count). The molecule has 1 aromatic carbocycles. The lowest BCUT2D eigenvalue weighted by atomic mass is 10.0. The molecular formula is C17H23NO4. The molecule has 120 valence electrons. The van der Waals surface area contributed by atoms with Crippen molar-refractivity contribution in [3.8, 4) is 0 Å². The number of hydrogen-bond donors (Lipinski definition) is 0. The van der Waals surface area contributed by atoms with E-state index in [1.165, 1.54) is 5.56 Å². The lowest BCUT2D eigenvalue weighted by Crippen LogP contribution is -2.41. The zero-order chi connectivity index (χ0) is 15.6. The van der Waals surface area contributed by atoms with E-state index in [9.17, 15) is 0 Å². The van der Waals surface area contributed by atoms with Gasteiger partial charge in [-0.05, 0) is 19.4 Å². The molecule has 0 N–H and O–H groups in total. The Hall–Kier alpha value is -1.40. The Morgan fingerprint density at radius 2 is 2.09 bits per heavy atom. The number of hydrogen-bond acceptors (Lipinski definition) is 5. The Labute approximate surface area is 131 Å². The minimum Gasteiger partial charge on any atom is -0.504 e. The summed E-state index contributed by atoms with van der Waals surface area (Å²) < 4.78 is 17.0. The standard InChI is InChI=1S/C17H23NO4/c1-17(2)20-12-15(22-17)16-14(10-19-3)11-21-18(16)9-13-7-5-4-6-8-13/h4-8,10,15-16H,9,11-12H2,1-3H3/b14-10-/t15-,16+/m1/s1. The maximum absolute atomic E-state index is 6.04. The fourth-order valence-corrected chi connectivity index (χ4v) is 2.97. The van der Waals surface area contributed by atoms with Crippen LogP contribution < -0.4 is 0 Å². The minimum atomic E-state index is -0.552. The summed E-state index contributed by atoms with van der Waals surface area (Å²) in [7, 11) is 1.65. The molecule has 22 heavy (non-hydrogen) atoms. The van der Waals surface area contributed by atoms with E-state index in [-0.39, 0.29) is 12.1 Å². The van der Waals surface area contributed by atoms with Crippen LogP contribution in [-0.4, -0.2) is 43.3 Å². The van der Waals surface area contributed by atoms with E-state index >= 15 is 0 Å². The van der Waals surface area contributed by atoms with Gasteiger partial charge in [-0.2, -0.15) is 5.06 Å². The largest absolute Gasteiger partial charge is 0.504 e. The van der Waals surface area contributed by atoms with Crippen molar-refractivity contribution in [3.05, 3.63) is 47.7 Å². The second-order valence-electron chi connectivity index (χ2n) is 6.07. The van der Waals surface area contributed by atoms with Crippen LogP contribution in [0.15, 0.2) is 42.2 Å². The van der Waals surface area contributed by atoms with Crippen molar-refractivity contribution in [1.29, 1.82) is 0 Å². The number of nitrogens with zero attached hydrogens (tertiary/aromatic N) is 1. The smallest absolute Gasteiger partial charge is 0.163 e. The Morgan fingerprint density at radius 3 is 2.73 bits per heavy atom. The van der Waals surface area contributed by atoms with Gasteiger partial charge >= 0.3 is 0 Å². The SMILES string of the molecule is CO/C=C1/CON(Cc2ccccc2)[C@@H]1[C@H]1COC(C)(C)O1. The molecule has 2 aliphatic heterocycles. The minimum absolute atomic E-state index is 0.00179. The zero-order valence-corrected chi connectivity index (χ0v) is 13.3. The van der Waals surface area contributed by atoms with Crippen molar-refractivity contribution in [2.75, 3.05) is 20.3 Å². The summed E-state index contributed by atoms with van der Waals surface area (Å²) in [5.74, 6) is -0.552. The van der Waals surface area contributed by atoms with Crippen molar-refractivity contribution >= 4 is 0 Å². The highest BCUT2D eigenvalue weighted by atomic mass is 16.8. The van der Waals surface area contributed by atoms with E-state index in [1.54, 1.807) is 13.4 Å². The second-order valence-corrected chi connectivity index (χ2v) is 6.07. The van der Waals surface area contributed by atoms with Crippen molar-refractivity contribution in [2.24, 2.45) is 0 Å². The molecule has 5 nitrogen and oxygen atoms in total. The summed E-state index contributed by atoms with van der Waals surface area (Å²) in [6, 6.07) is 10.3. The van der Waals surface area contributed by atoms with Gasteiger partial charge in [0.15, 0.2) is 5.79 Å². The highest BCUT2D eigenvalue weighted by Gasteiger charge is 2.44. The first-order chi connectivity index (χ1) is 10.6. The normalized spacial score (nSPS) is 30.0. The van der Waals surface area contributed by atoms with Crippen molar-refractivity contribution in [2.45, 2.75) is 38.3 Å². The molecule has 2 fully saturated rings. The summed E-state index contributed by atoms with van der Waals surface area (Å²) in [5.41, 5.74) is 2.27. The molecule has 2 heterocycles. The molecule has 1 aromatic rings. The van der Waals surface area contributed by atoms with Crippen LogP contribution in [0.4, 0.5) is 0 Å². The monoisotopic (exact) mass is 305 g/mol. The van der Waals surface area contributed by atoms with E-state index < -0.39 is 5.79 Å². The van der Waals surface area contributed by atoms with Gasteiger partial charge in [-0.1, -0.05) is 30.3 Å². The molecule has 5 heteroatoms. The number of methoxy groups -OCH3 is 1. The molecule has 0 amide bonds. The molecule has 2 aliphatic rings. The van der Waals surface area contributed by atoms with Gasteiger partial charge in [0.05, 0.1) is 32.6 Å². The first-order valence-corrected chi connectivity index (χ1v) is 7.56. The fourth-order valence-electron chi connectivity index (χ4n) is 2.97. The van der Waals surface area contributed by atoms with Crippen LogP contribution in [0.2, 0.25) is 0 Å². The summed E-state index contributed by atoms with van der Waals surface area (Å²) in [5, 5.41) is 1.97. The molecule has 0 saturated carbocycles. The summed E-state index contributed by atoms with van der Waals surface area (Å²) in [4.78, 5) is 5.86. The van der Waals surface area contributed by atoms with Crippen LogP contribution in [0.1, 0.15) is 19.4 Å². The number of hydroxylamine groups is 2. The summed E-state index contributed by atoms with van der Waals surface area (Å²) >= 11 is 0. The highest BCUT2D eigenvalue weighted by Crippen LogP contribution is 2.33. The molecule has 0 aromatic heterocycles. The van der Waals surface area contributed by atoms with E-state index in [4.69, 9.17) is 19.0 Å². The van der Waals surface area contributed by atoms with Gasteiger partial charge in [0.2, 0.25) is 0 Å². The first-order valence-electron chi connectivity index (χ1n) is 7.56. The number of benzene rings is 1. The van der Waals surface area contributed by atoms with Crippen molar-refractivity contribution in [3.63, 3.8) is 0 Å². The molecule has 0 spiro atoms. The summed E-state index contributed by atoms with van der Waals surface area (Å²) in [6.07, 6.45) is 1.69. The van der Waals surface area contributed by atoms with Crippen LogP contribution in [0.25, 0.3) is 0 Å². The van der Waals surface area contributed by atoms with Crippen LogP contribution in [0, 0.1) is 0 Å². The predicted octanol–water partition coefficient (Wildman–Crippen LogP) is 2.48. The number of rotatable bonds is 4. The van der Waals surface area contributed by atoms with Gasteiger partial charge in [-0.25, -0.2) is 0 Å². The molecule has 0 aliphatic carbocycles. The molecule has 0 bridgehead atoms. The van der Waals surface area contributed by atoms with E-state index in [0.717, 1.165) is 5.57 Å². The van der Waals surface area contributed by atoms with Crippen molar-refractivity contribution in [1.82, 2.24) is 5.06 Å². The lowest BCUT2D eigenvalue weighted by molar-refractivity contribution is -0.180. The molecular weight excluding hydrogens is 282 g/mol. The third kappa shape index (κ3) is 3.33. The average Bonchev–Trinajstić information content (AvgIpc) is 3.04.